The molecule has 158 valence electrons. The van der Waals surface area contributed by atoms with Crippen molar-refractivity contribution in [3.63, 3.8) is 0 Å². The van der Waals surface area contributed by atoms with Crippen LogP contribution in [0.5, 0.6) is 11.5 Å². The Kier molecular flexibility index (Phi) is 4.50. The van der Waals surface area contributed by atoms with Crippen LogP contribution in [-0.4, -0.2) is 21.9 Å². The molecule has 1 aromatic heterocycles. The molecule has 0 aliphatic carbocycles. The molecule has 0 fully saturated rings. The summed E-state index contributed by atoms with van der Waals surface area (Å²) in [4.78, 5) is 4.48. The van der Waals surface area contributed by atoms with E-state index in [0.29, 0.717) is 5.95 Å². The summed E-state index contributed by atoms with van der Waals surface area (Å²) >= 11 is 3.65. The van der Waals surface area contributed by atoms with Gasteiger partial charge in [-0.1, -0.05) is 48.5 Å². The lowest BCUT2D eigenvalue weighted by atomic mass is 9.84. The van der Waals surface area contributed by atoms with Gasteiger partial charge in [-0.05, 0) is 51.3 Å². The quantitative estimate of drug-likeness (QED) is 0.407. The molecule has 3 heterocycles. The Morgan fingerprint density at radius 2 is 1.81 bits per heavy atom. The van der Waals surface area contributed by atoms with E-state index in [0.717, 1.165) is 43.9 Å². The highest BCUT2D eigenvalue weighted by atomic mass is 79.9. The molecule has 0 amide bonds. The first kappa shape index (κ1) is 19.1. The summed E-state index contributed by atoms with van der Waals surface area (Å²) in [5.74, 6) is 2.32. The molecular formula is C25H19BrN4O2. The van der Waals surface area contributed by atoms with Crippen LogP contribution in [-0.2, 0) is 0 Å². The van der Waals surface area contributed by atoms with Gasteiger partial charge >= 0.3 is 0 Å². The lowest BCUT2D eigenvalue weighted by molar-refractivity contribution is 0.223. The Balaban J connectivity index is 1.62. The average molecular weight is 487 g/mol. The number of aromatic nitrogens is 3. The molecule has 2 aliphatic rings. The van der Waals surface area contributed by atoms with Crippen molar-refractivity contribution in [3.05, 3.63) is 106 Å². The number of para-hydroxylation sites is 1. The van der Waals surface area contributed by atoms with E-state index in [1.54, 1.807) is 13.4 Å². The van der Waals surface area contributed by atoms with Gasteiger partial charge in [0.1, 0.15) is 30.0 Å². The Morgan fingerprint density at radius 3 is 2.62 bits per heavy atom. The van der Waals surface area contributed by atoms with Crippen LogP contribution >= 0.6 is 15.9 Å². The van der Waals surface area contributed by atoms with Gasteiger partial charge in [-0.15, -0.1) is 0 Å². The second-order valence-corrected chi connectivity index (χ2v) is 8.54. The minimum absolute atomic E-state index is 0.204. The summed E-state index contributed by atoms with van der Waals surface area (Å²) in [7, 11) is 1.66. The smallest absolute Gasteiger partial charge is 0.226 e. The molecule has 4 aromatic rings. The van der Waals surface area contributed by atoms with E-state index in [-0.39, 0.29) is 12.1 Å². The van der Waals surface area contributed by atoms with Gasteiger partial charge in [0.2, 0.25) is 5.95 Å². The number of ether oxygens (including phenoxy) is 2. The maximum absolute atomic E-state index is 6.61. The Hall–Kier alpha value is -3.58. The van der Waals surface area contributed by atoms with Gasteiger partial charge < -0.3 is 14.8 Å². The van der Waals surface area contributed by atoms with Crippen molar-refractivity contribution in [2.45, 2.75) is 12.1 Å². The molecule has 7 heteroatoms. The van der Waals surface area contributed by atoms with Crippen molar-refractivity contribution in [2.75, 3.05) is 12.4 Å². The van der Waals surface area contributed by atoms with Crippen molar-refractivity contribution in [1.82, 2.24) is 14.8 Å². The fraction of sp³-hybridized carbons (Fsp3) is 0.120. The highest BCUT2D eigenvalue weighted by Gasteiger charge is 2.40. The van der Waals surface area contributed by atoms with Crippen LogP contribution in [0, 0.1) is 0 Å². The standard InChI is InChI=1S/C25H19BrN4O2/c1-31-20-12-11-16(13-18(20)26)23-21-22(29-25-27-14-28-30(23)25)17-9-5-6-10-19(17)32-24(21)15-7-3-2-4-8-15/h2-14,23-24H,1H3,(H,27,28,29)/t23-,24+/m1/s1. The molecule has 2 atom stereocenters. The zero-order chi connectivity index (χ0) is 21.7. The Bertz CT molecular complexity index is 1350. The van der Waals surface area contributed by atoms with E-state index < -0.39 is 0 Å². The van der Waals surface area contributed by atoms with E-state index in [2.05, 4.69) is 61.7 Å². The van der Waals surface area contributed by atoms with Gasteiger partial charge in [-0.25, -0.2) is 4.68 Å². The zero-order valence-electron chi connectivity index (χ0n) is 17.2. The van der Waals surface area contributed by atoms with Gasteiger partial charge in [0.25, 0.3) is 0 Å². The maximum Gasteiger partial charge on any atom is 0.226 e. The minimum Gasteiger partial charge on any atom is -0.496 e. The first-order chi connectivity index (χ1) is 15.7. The number of anilines is 1. The molecule has 0 saturated carbocycles. The van der Waals surface area contributed by atoms with Gasteiger partial charge in [0.15, 0.2) is 0 Å². The summed E-state index contributed by atoms with van der Waals surface area (Å²) < 4.78 is 14.9. The van der Waals surface area contributed by atoms with Crippen LogP contribution in [0.3, 0.4) is 0 Å². The molecule has 0 radical (unpaired) electrons. The number of rotatable bonds is 3. The number of nitrogens with one attached hydrogen (secondary N) is 1. The molecule has 1 N–H and O–H groups in total. The van der Waals surface area contributed by atoms with E-state index in [4.69, 9.17) is 9.47 Å². The van der Waals surface area contributed by atoms with E-state index in [1.165, 1.54) is 0 Å². The number of hydrogen-bond donors (Lipinski definition) is 1. The lowest BCUT2D eigenvalue weighted by Crippen LogP contribution is -2.32. The van der Waals surface area contributed by atoms with Crippen molar-refractivity contribution < 1.29 is 9.47 Å². The van der Waals surface area contributed by atoms with Gasteiger partial charge in [0.05, 0.1) is 17.3 Å². The summed E-state index contributed by atoms with van der Waals surface area (Å²) in [5.41, 5.74) is 5.25. The molecule has 0 bridgehead atoms. The first-order valence-corrected chi connectivity index (χ1v) is 11.1. The second kappa shape index (κ2) is 7.53. The minimum atomic E-state index is -0.281. The zero-order valence-corrected chi connectivity index (χ0v) is 18.8. The monoisotopic (exact) mass is 486 g/mol. The molecule has 32 heavy (non-hydrogen) atoms. The lowest BCUT2D eigenvalue weighted by Gasteiger charge is -2.39. The normalized spacial score (nSPS) is 18.7. The van der Waals surface area contributed by atoms with Crippen LogP contribution in [0.2, 0.25) is 0 Å². The van der Waals surface area contributed by atoms with Crippen LogP contribution in [0.15, 0.2) is 89.2 Å². The average Bonchev–Trinajstić information content (AvgIpc) is 3.31. The predicted octanol–water partition coefficient (Wildman–Crippen LogP) is 5.61. The Labute approximate surface area is 193 Å². The van der Waals surface area contributed by atoms with Crippen LogP contribution < -0.4 is 14.8 Å². The van der Waals surface area contributed by atoms with Crippen LogP contribution in [0.25, 0.3) is 5.70 Å². The highest BCUT2D eigenvalue weighted by Crippen LogP contribution is 2.50. The molecular weight excluding hydrogens is 468 g/mol. The van der Waals surface area contributed by atoms with E-state index in [1.807, 2.05) is 47.1 Å². The Morgan fingerprint density at radius 1 is 1.00 bits per heavy atom. The molecule has 0 saturated heterocycles. The van der Waals surface area contributed by atoms with Gasteiger partial charge in [-0.2, -0.15) is 10.1 Å². The van der Waals surface area contributed by atoms with Crippen molar-refractivity contribution in [2.24, 2.45) is 0 Å². The summed E-state index contributed by atoms with van der Waals surface area (Å²) in [6.45, 7) is 0. The molecule has 0 unspecified atom stereocenters. The summed E-state index contributed by atoms with van der Waals surface area (Å²) in [5, 5.41) is 8.09. The molecule has 6 nitrogen and oxygen atoms in total. The third-order valence-corrected chi connectivity index (χ3v) is 6.54. The number of hydrogen-bond acceptors (Lipinski definition) is 5. The number of halogens is 1. The molecule has 2 aliphatic heterocycles. The topological polar surface area (TPSA) is 61.2 Å². The van der Waals surface area contributed by atoms with Gasteiger partial charge in [0, 0.05) is 11.1 Å². The third-order valence-electron chi connectivity index (χ3n) is 5.92. The van der Waals surface area contributed by atoms with Crippen LogP contribution in [0.4, 0.5) is 5.95 Å². The number of nitrogens with zero attached hydrogens (tertiary/aromatic N) is 3. The molecule has 6 rings (SSSR count). The van der Waals surface area contributed by atoms with E-state index in [9.17, 15) is 0 Å². The summed E-state index contributed by atoms with van der Waals surface area (Å²) in [6.07, 6.45) is 1.30. The number of methoxy groups -OCH3 is 1. The predicted molar refractivity (Wildman–Crippen MR) is 126 cm³/mol. The highest BCUT2D eigenvalue weighted by molar-refractivity contribution is 9.10. The van der Waals surface area contributed by atoms with Crippen molar-refractivity contribution in [1.29, 1.82) is 0 Å². The van der Waals surface area contributed by atoms with Gasteiger partial charge in [-0.3, -0.25) is 0 Å². The maximum atomic E-state index is 6.61. The fourth-order valence-corrected chi connectivity index (χ4v) is 5.05. The first-order valence-electron chi connectivity index (χ1n) is 10.3. The largest absolute Gasteiger partial charge is 0.496 e. The second-order valence-electron chi connectivity index (χ2n) is 7.68. The van der Waals surface area contributed by atoms with Crippen LogP contribution in [0.1, 0.15) is 28.8 Å². The van der Waals surface area contributed by atoms with Crippen molar-refractivity contribution in [3.8, 4) is 11.5 Å². The van der Waals surface area contributed by atoms with E-state index >= 15 is 0 Å². The molecule has 3 aromatic carbocycles. The van der Waals surface area contributed by atoms with Crippen molar-refractivity contribution >= 4 is 27.6 Å². The summed E-state index contributed by atoms with van der Waals surface area (Å²) in [6, 6.07) is 24.3. The SMILES string of the molecule is COc1ccc([C@@H]2C3=C(Nc4ncnn42)c2ccccc2O[C@H]3c2ccccc2)cc1Br. The number of fused-ring (bicyclic) bond motifs is 3. The molecule has 0 spiro atoms. The fourth-order valence-electron chi connectivity index (χ4n) is 4.49. The number of benzene rings is 3. The third kappa shape index (κ3) is 2.92.